The minimum Gasteiger partial charge on any atom is -0.126 e. The van der Waals surface area contributed by atoms with Gasteiger partial charge in [0.2, 0.25) is 0 Å². The third-order valence-electron chi connectivity index (χ3n) is 1.95. The summed E-state index contributed by atoms with van der Waals surface area (Å²) < 4.78 is 0. The number of benzene rings is 1. The van der Waals surface area contributed by atoms with Crippen LogP contribution in [0.25, 0.3) is 0 Å². The molecule has 0 aliphatic rings. The Kier molecular flexibility index (Phi) is 2.95. The van der Waals surface area contributed by atoms with E-state index in [9.17, 15) is 0 Å². The van der Waals surface area contributed by atoms with Gasteiger partial charge in [0, 0.05) is 5.88 Å². The Morgan fingerprint density at radius 2 is 2.00 bits per heavy atom. The zero-order valence-electron chi connectivity index (χ0n) is 6.97. The summed E-state index contributed by atoms with van der Waals surface area (Å²) in [6.45, 7) is 4.27. The minimum atomic E-state index is 0.470. The van der Waals surface area contributed by atoms with Crippen LogP contribution in [0, 0.1) is 6.92 Å². The Bertz CT molecular complexity index is 230. The Morgan fingerprint density at radius 3 is 2.55 bits per heavy atom. The maximum atomic E-state index is 5.76. The average Bonchev–Trinajstić information content (AvgIpc) is 2.04. The molecule has 0 nitrogen and oxygen atoms in total. The largest absolute Gasteiger partial charge is 0.126 e. The Labute approximate surface area is 73.2 Å². The summed E-state index contributed by atoms with van der Waals surface area (Å²) in [5, 5.41) is 0. The highest BCUT2D eigenvalue weighted by molar-refractivity contribution is 6.18. The van der Waals surface area contributed by atoms with Crippen molar-refractivity contribution >= 4 is 11.6 Å². The van der Waals surface area contributed by atoms with Crippen LogP contribution in [0.15, 0.2) is 24.3 Å². The van der Waals surface area contributed by atoms with Crippen molar-refractivity contribution in [1.82, 2.24) is 0 Å². The van der Waals surface area contributed by atoms with Crippen LogP contribution in [-0.2, 0) is 0 Å². The van der Waals surface area contributed by atoms with Gasteiger partial charge in [0.05, 0.1) is 0 Å². The van der Waals surface area contributed by atoms with E-state index in [1.165, 1.54) is 11.1 Å². The molecule has 0 fully saturated rings. The van der Waals surface area contributed by atoms with Gasteiger partial charge in [-0.25, -0.2) is 0 Å². The Morgan fingerprint density at radius 1 is 1.36 bits per heavy atom. The SMILES string of the molecule is Cc1ccccc1C(C)CCl. The minimum absolute atomic E-state index is 0.470. The summed E-state index contributed by atoms with van der Waals surface area (Å²) >= 11 is 5.76. The molecule has 0 saturated carbocycles. The number of hydrogen-bond donors (Lipinski definition) is 0. The van der Waals surface area contributed by atoms with Crippen LogP contribution in [0.5, 0.6) is 0 Å². The molecule has 1 unspecified atom stereocenters. The molecule has 1 heteroatoms. The normalized spacial score (nSPS) is 13.0. The van der Waals surface area contributed by atoms with Crippen LogP contribution >= 0.6 is 11.6 Å². The molecule has 0 amide bonds. The molecule has 0 bridgehead atoms. The van der Waals surface area contributed by atoms with Gasteiger partial charge in [0.25, 0.3) is 0 Å². The summed E-state index contributed by atoms with van der Waals surface area (Å²) in [5.74, 6) is 1.17. The van der Waals surface area contributed by atoms with Gasteiger partial charge in [-0.15, -0.1) is 11.6 Å². The van der Waals surface area contributed by atoms with Gasteiger partial charge in [0.15, 0.2) is 0 Å². The second-order valence-electron chi connectivity index (χ2n) is 2.91. The van der Waals surface area contributed by atoms with Gasteiger partial charge < -0.3 is 0 Å². The zero-order chi connectivity index (χ0) is 8.27. The molecular weight excluding hydrogens is 156 g/mol. The van der Waals surface area contributed by atoms with Crippen molar-refractivity contribution in [3.05, 3.63) is 35.4 Å². The van der Waals surface area contributed by atoms with E-state index in [0.717, 1.165) is 0 Å². The van der Waals surface area contributed by atoms with Crippen LogP contribution in [-0.4, -0.2) is 5.88 Å². The zero-order valence-corrected chi connectivity index (χ0v) is 7.73. The maximum absolute atomic E-state index is 5.76. The van der Waals surface area contributed by atoms with Crippen LogP contribution in [0.4, 0.5) is 0 Å². The van der Waals surface area contributed by atoms with Crippen LogP contribution in [0.2, 0.25) is 0 Å². The van der Waals surface area contributed by atoms with Crippen molar-refractivity contribution in [1.29, 1.82) is 0 Å². The molecule has 1 rings (SSSR count). The van der Waals surface area contributed by atoms with Crippen molar-refractivity contribution in [2.75, 3.05) is 5.88 Å². The molecule has 60 valence electrons. The van der Waals surface area contributed by atoms with E-state index < -0.39 is 0 Å². The fourth-order valence-electron chi connectivity index (χ4n) is 1.22. The summed E-state index contributed by atoms with van der Waals surface area (Å²) in [7, 11) is 0. The lowest BCUT2D eigenvalue weighted by Crippen LogP contribution is -1.96. The van der Waals surface area contributed by atoms with Crippen molar-refractivity contribution in [3.8, 4) is 0 Å². The summed E-state index contributed by atoms with van der Waals surface area (Å²) in [4.78, 5) is 0. The number of alkyl halides is 1. The van der Waals surface area contributed by atoms with E-state index in [-0.39, 0.29) is 0 Å². The van der Waals surface area contributed by atoms with Crippen LogP contribution < -0.4 is 0 Å². The monoisotopic (exact) mass is 168 g/mol. The first-order valence-electron chi connectivity index (χ1n) is 3.87. The van der Waals surface area contributed by atoms with E-state index in [4.69, 9.17) is 11.6 Å². The molecule has 0 heterocycles. The van der Waals surface area contributed by atoms with E-state index >= 15 is 0 Å². The van der Waals surface area contributed by atoms with E-state index in [0.29, 0.717) is 11.8 Å². The fourth-order valence-corrected chi connectivity index (χ4v) is 1.39. The van der Waals surface area contributed by atoms with Crippen LogP contribution in [0.3, 0.4) is 0 Å². The fraction of sp³-hybridized carbons (Fsp3) is 0.400. The Balaban J connectivity index is 2.93. The Hall–Kier alpha value is -0.490. The second kappa shape index (κ2) is 3.77. The summed E-state index contributed by atoms with van der Waals surface area (Å²) in [5.41, 5.74) is 2.70. The molecule has 0 saturated heterocycles. The van der Waals surface area contributed by atoms with E-state index in [2.05, 4.69) is 38.1 Å². The van der Waals surface area contributed by atoms with Gasteiger partial charge in [-0.05, 0) is 24.0 Å². The van der Waals surface area contributed by atoms with Gasteiger partial charge in [0.1, 0.15) is 0 Å². The third-order valence-corrected chi connectivity index (χ3v) is 2.41. The lowest BCUT2D eigenvalue weighted by molar-refractivity contribution is 0.865. The highest BCUT2D eigenvalue weighted by atomic mass is 35.5. The molecule has 11 heavy (non-hydrogen) atoms. The maximum Gasteiger partial charge on any atom is 0.0289 e. The molecule has 1 aromatic rings. The van der Waals surface area contributed by atoms with Crippen LogP contribution in [0.1, 0.15) is 24.0 Å². The van der Waals surface area contributed by atoms with Crippen molar-refractivity contribution in [3.63, 3.8) is 0 Å². The molecular formula is C10H13Cl. The predicted octanol–water partition coefficient (Wildman–Crippen LogP) is 3.34. The molecule has 0 spiro atoms. The smallest absolute Gasteiger partial charge is 0.0289 e. The quantitative estimate of drug-likeness (QED) is 0.595. The second-order valence-corrected chi connectivity index (χ2v) is 3.22. The standard InChI is InChI=1S/C10H13Cl/c1-8-5-3-4-6-10(8)9(2)7-11/h3-6,9H,7H2,1-2H3. The molecule has 0 radical (unpaired) electrons. The van der Waals surface area contributed by atoms with Crippen molar-refractivity contribution < 1.29 is 0 Å². The summed E-state index contributed by atoms with van der Waals surface area (Å²) in [6.07, 6.45) is 0. The molecule has 0 aromatic heterocycles. The predicted molar refractivity (Wildman–Crippen MR) is 50.3 cm³/mol. The first-order valence-corrected chi connectivity index (χ1v) is 4.40. The lowest BCUT2D eigenvalue weighted by atomic mass is 9.98. The number of halogens is 1. The van der Waals surface area contributed by atoms with E-state index in [1.807, 2.05) is 0 Å². The molecule has 1 aromatic carbocycles. The molecule has 0 aliphatic heterocycles. The lowest BCUT2D eigenvalue weighted by Gasteiger charge is -2.10. The third kappa shape index (κ3) is 1.97. The highest BCUT2D eigenvalue weighted by Gasteiger charge is 2.04. The van der Waals surface area contributed by atoms with E-state index in [1.54, 1.807) is 0 Å². The average molecular weight is 169 g/mol. The number of aryl methyl sites for hydroxylation is 1. The van der Waals surface area contributed by atoms with Gasteiger partial charge >= 0.3 is 0 Å². The molecule has 0 aliphatic carbocycles. The highest BCUT2D eigenvalue weighted by Crippen LogP contribution is 2.19. The topological polar surface area (TPSA) is 0 Å². The van der Waals surface area contributed by atoms with Gasteiger partial charge in [-0.1, -0.05) is 31.2 Å². The first-order chi connectivity index (χ1) is 5.25. The first kappa shape index (κ1) is 8.61. The van der Waals surface area contributed by atoms with Gasteiger partial charge in [-0.2, -0.15) is 0 Å². The van der Waals surface area contributed by atoms with Crippen molar-refractivity contribution in [2.45, 2.75) is 19.8 Å². The number of rotatable bonds is 2. The summed E-state index contributed by atoms with van der Waals surface area (Å²) in [6, 6.07) is 8.38. The molecule has 0 N–H and O–H groups in total. The van der Waals surface area contributed by atoms with Gasteiger partial charge in [-0.3, -0.25) is 0 Å². The van der Waals surface area contributed by atoms with Crippen molar-refractivity contribution in [2.24, 2.45) is 0 Å². The molecule has 1 atom stereocenters. The number of hydrogen-bond acceptors (Lipinski definition) is 0.